The van der Waals surface area contributed by atoms with Crippen molar-refractivity contribution in [3.63, 3.8) is 0 Å². The van der Waals surface area contributed by atoms with E-state index in [1.807, 2.05) is 55.1 Å². The van der Waals surface area contributed by atoms with Gasteiger partial charge in [0.1, 0.15) is 6.61 Å². The Morgan fingerprint density at radius 3 is 1.90 bits per heavy atom. The molecule has 5 nitrogen and oxygen atoms in total. The van der Waals surface area contributed by atoms with Gasteiger partial charge in [0.05, 0.1) is 24.5 Å². The molecular formula is C32H39F2NO4Si. The highest BCUT2D eigenvalue weighted by Crippen LogP contribution is 2.39. The Morgan fingerprint density at radius 2 is 1.43 bits per heavy atom. The molecule has 3 aromatic rings. The Hall–Kier alpha value is -3.07. The van der Waals surface area contributed by atoms with Gasteiger partial charge in [-0.2, -0.15) is 0 Å². The summed E-state index contributed by atoms with van der Waals surface area (Å²) in [6.45, 7) is 12.1. The molecule has 40 heavy (non-hydrogen) atoms. The number of esters is 1. The molecule has 0 aromatic heterocycles. The molecule has 8 heteroatoms. The molecule has 4 rings (SSSR count). The maximum absolute atomic E-state index is 15.9. The van der Waals surface area contributed by atoms with E-state index in [4.69, 9.17) is 13.9 Å². The van der Waals surface area contributed by atoms with Gasteiger partial charge in [-0.25, -0.2) is 8.78 Å². The second-order valence-electron chi connectivity index (χ2n) is 11.6. The number of hydrogen-bond acceptors (Lipinski definition) is 5. The van der Waals surface area contributed by atoms with E-state index in [2.05, 4.69) is 45.0 Å². The quantitative estimate of drug-likeness (QED) is 0.258. The summed E-state index contributed by atoms with van der Waals surface area (Å²) >= 11 is 0. The van der Waals surface area contributed by atoms with Gasteiger partial charge in [0.25, 0.3) is 8.32 Å². The number of halogens is 2. The number of carbonyl (C=O) groups excluding carboxylic acids is 1. The van der Waals surface area contributed by atoms with Crippen LogP contribution in [0.2, 0.25) is 5.04 Å². The molecule has 2 unspecified atom stereocenters. The number of rotatable bonds is 8. The standard InChI is InChI=1S/C32H39F2NO4Si/c1-22-18-35(19-23(2)39-22)31-26(17-25(20-37-24(3)36)29(33)30(31)34)21-38-40(32(4,5)6,27-13-9-7-10-14-27)28-15-11-8-12-16-28/h7-17,22-23H,18-21H2,1-6H3. The van der Waals surface area contributed by atoms with E-state index in [-0.39, 0.29) is 41.7 Å². The average molecular weight is 568 g/mol. The molecule has 1 saturated heterocycles. The Bertz CT molecular complexity index is 1260. The van der Waals surface area contributed by atoms with E-state index in [0.29, 0.717) is 18.7 Å². The van der Waals surface area contributed by atoms with Crippen LogP contribution in [0.1, 0.15) is 52.7 Å². The van der Waals surface area contributed by atoms with Crippen LogP contribution in [0.3, 0.4) is 0 Å². The van der Waals surface area contributed by atoms with Gasteiger partial charge in [-0.1, -0.05) is 81.4 Å². The fourth-order valence-electron chi connectivity index (χ4n) is 5.77. The SMILES string of the molecule is CC(=O)OCc1cc(CO[Si](c2ccccc2)(c2ccccc2)C(C)(C)C)c(N2CC(C)OC(C)C2)c(F)c1F. The summed E-state index contributed by atoms with van der Waals surface area (Å²) in [6.07, 6.45) is -0.310. The van der Waals surface area contributed by atoms with Crippen LogP contribution in [0, 0.1) is 11.6 Å². The molecule has 2 atom stereocenters. The molecule has 1 aliphatic heterocycles. The van der Waals surface area contributed by atoms with Crippen LogP contribution in [-0.4, -0.2) is 39.6 Å². The third-order valence-electron chi connectivity index (χ3n) is 7.36. The second kappa shape index (κ2) is 12.2. The van der Waals surface area contributed by atoms with E-state index in [9.17, 15) is 4.79 Å². The fourth-order valence-corrected chi connectivity index (χ4v) is 10.3. The zero-order chi connectivity index (χ0) is 29.1. The summed E-state index contributed by atoms with van der Waals surface area (Å²) in [5.74, 6) is -2.55. The number of benzene rings is 3. The van der Waals surface area contributed by atoms with Crippen molar-refractivity contribution in [2.45, 2.75) is 72.0 Å². The van der Waals surface area contributed by atoms with E-state index in [0.717, 1.165) is 10.4 Å². The normalized spacial score (nSPS) is 18.1. The van der Waals surface area contributed by atoms with Crippen LogP contribution in [0.15, 0.2) is 66.7 Å². The smallest absolute Gasteiger partial charge is 0.302 e. The molecule has 0 bridgehead atoms. The Morgan fingerprint density at radius 1 is 0.900 bits per heavy atom. The zero-order valence-corrected chi connectivity index (χ0v) is 25.2. The number of ether oxygens (including phenoxy) is 2. The molecule has 0 radical (unpaired) electrons. The monoisotopic (exact) mass is 567 g/mol. The van der Waals surface area contributed by atoms with Gasteiger partial charge in [0.15, 0.2) is 11.6 Å². The van der Waals surface area contributed by atoms with Gasteiger partial charge in [0.2, 0.25) is 0 Å². The van der Waals surface area contributed by atoms with Gasteiger partial charge in [0, 0.05) is 31.1 Å². The first kappa shape index (κ1) is 29.9. The number of hydrogen-bond donors (Lipinski definition) is 0. The molecule has 0 aliphatic carbocycles. The van der Waals surface area contributed by atoms with Crippen LogP contribution >= 0.6 is 0 Å². The van der Waals surface area contributed by atoms with Gasteiger partial charge in [-0.05, 0) is 35.3 Å². The number of nitrogens with zero attached hydrogens (tertiary/aromatic N) is 1. The topological polar surface area (TPSA) is 48.0 Å². The van der Waals surface area contributed by atoms with E-state index in [1.165, 1.54) is 6.92 Å². The predicted octanol–water partition coefficient (Wildman–Crippen LogP) is 5.72. The van der Waals surface area contributed by atoms with Crippen molar-refractivity contribution >= 4 is 30.3 Å². The summed E-state index contributed by atoms with van der Waals surface area (Å²) in [6, 6.07) is 21.9. The maximum atomic E-state index is 15.9. The lowest BCUT2D eigenvalue weighted by Crippen LogP contribution is -2.66. The van der Waals surface area contributed by atoms with Crippen LogP contribution in [-0.2, 0) is 31.9 Å². The Kier molecular flexibility index (Phi) is 9.12. The van der Waals surface area contributed by atoms with Crippen molar-refractivity contribution in [1.29, 1.82) is 0 Å². The molecule has 1 aliphatic rings. The molecule has 214 valence electrons. The first-order valence-electron chi connectivity index (χ1n) is 13.7. The second-order valence-corrected chi connectivity index (χ2v) is 15.9. The van der Waals surface area contributed by atoms with E-state index in [1.54, 1.807) is 6.07 Å². The molecule has 0 spiro atoms. The van der Waals surface area contributed by atoms with Crippen molar-refractivity contribution in [3.8, 4) is 0 Å². The summed E-state index contributed by atoms with van der Waals surface area (Å²) in [5.41, 5.74) is 0.659. The zero-order valence-electron chi connectivity index (χ0n) is 24.2. The molecule has 0 saturated carbocycles. The summed E-state index contributed by atoms with van der Waals surface area (Å²) in [7, 11) is -2.96. The fraction of sp³-hybridized carbons (Fsp3) is 0.406. The highest BCUT2D eigenvalue weighted by atomic mass is 28.4. The van der Waals surface area contributed by atoms with Gasteiger partial charge >= 0.3 is 5.97 Å². The summed E-state index contributed by atoms with van der Waals surface area (Å²) < 4.78 is 49.4. The lowest BCUT2D eigenvalue weighted by atomic mass is 10.0. The van der Waals surface area contributed by atoms with Gasteiger partial charge < -0.3 is 18.8 Å². The Balaban J connectivity index is 1.86. The third-order valence-corrected chi connectivity index (χ3v) is 12.3. The van der Waals surface area contributed by atoms with Crippen LogP contribution in [0.25, 0.3) is 0 Å². The summed E-state index contributed by atoms with van der Waals surface area (Å²) in [5, 5.41) is 1.88. The highest BCUT2D eigenvalue weighted by molar-refractivity contribution is 6.99. The lowest BCUT2D eigenvalue weighted by molar-refractivity contribution is -0.142. The van der Waals surface area contributed by atoms with Crippen molar-refractivity contribution in [2.75, 3.05) is 18.0 Å². The molecule has 1 fully saturated rings. The predicted molar refractivity (Wildman–Crippen MR) is 156 cm³/mol. The number of carbonyl (C=O) groups is 1. The van der Waals surface area contributed by atoms with E-state index < -0.39 is 25.9 Å². The molecule has 1 heterocycles. The molecule has 0 amide bonds. The van der Waals surface area contributed by atoms with Crippen molar-refractivity contribution in [1.82, 2.24) is 0 Å². The third kappa shape index (κ3) is 6.14. The van der Waals surface area contributed by atoms with Crippen molar-refractivity contribution in [3.05, 3.63) is 89.5 Å². The van der Waals surface area contributed by atoms with Crippen molar-refractivity contribution in [2.24, 2.45) is 0 Å². The summed E-state index contributed by atoms with van der Waals surface area (Å²) in [4.78, 5) is 13.3. The van der Waals surface area contributed by atoms with Crippen LogP contribution in [0.4, 0.5) is 14.5 Å². The molecule has 0 N–H and O–H groups in total. The molecule has 3 aromatic carbocycles. The van der Waals surface area contributed by atoms with E-state index >= 15 is 8.78 Å². The maximum Gasteiger partial charge on any atom is 0.302 e. The molecular weight excluding hydrogens is 528 g/mol. The minimum atomic E-state index is -2.96. The minimum absolute atomic E-state index is 0.0214. The highest BCUT2D eigenvalue weighted by Gasteiger charge is 2.50. The Labute approximate surface area is 237 Å². The minimum Gasteiger partial charge on any atom is -0.461 e. The van der Waals surface area contributed by atoms with Crippen LogP contribution < -0.4 is 15.3 Å². The first-order chi connectivity index (χ1) is 18.9. The average Bonchev–Trinajstić information content (AvgIpc) is 2.90. The van der Waals surface area contributed by atoms with Crippen LogP contribution in [0.5, 0.6) is 0 Å². The largest absolute Gasteiger partial charge is 0.461 e. The van der Waals surface area contributed by atoms with Crippen molar-refractivity contribution < 1.29 is 27.5 Å². The number of anilines is 1. The van der Waals surface area contributed by atoms with Gasteiger partial charge in [-0.15, -0.1) is 0 Å². The number of morpholine rings is 1. The van der Waals surface area contributed by atoms with Gasteiger partial charge in [-0.3, -0.25) is 4.79 Å². The lowest BCUT2D eigenvalue weighted by Gasteiger charge is -2.43. The first-order valence-corrected chi connectivity index (χ1v) is 15.6.